The Labute approximate surface area is 237 Å². The SMILES string of the molecule is CN(C)C(=O)N1CCc2ccc(-c3cc(-c4ccc5cn(Cc6ccccc6)nc5c4)c4c(N)ncnn34)cc2C1. The van der Waals surface area contributed by atoms with Crippen LogP contribution in [0.3, 0.4) is 0 Å². The van der Waals surface area contributed by atoms with Crippen molar-refractivity contribution in [2.24, 2.45) is 0 Å². The van der Waals surface area contributed by atoms with Crippen LogP contribution in [-0.2, 0) is 19.5 Å². The third kappa shape index (κ3) is 4.45. The summed E-state index contributed by atoms with van der Waals surface area (Å²) in [4.78, 5) is 20.5. The molecule has 0 saturated carbocycles. The molecule has 0 atom stereocenters. The highest BCUT2D eigenvalue weighted by atomic mass is 16.2. The van der Waals surface area contributed by atoms with Gasteiger partial charge in [-0.05, 0) is 46.9 Å². The molecule has 1 aliphatic rings. The van der Waals surface area contributed by atoms with Crippen molar-refractivity contribution in [3.63, 3.8) is 0 Å². The van der Waals surface area contributed by atoms with Crippen LogP contribution >= 0.6 is 0 Å². The van der Waals surface area contributed by atoms with E-state index in [0.29, 0.717) is 18.9 Å². The molecule has 7 rings (SSSR count). The van der Waals surface area contributed by atoms with Crippen molar-refractivity contribution in [3.05, 3.63) is 102 Å². The number of amides is 2. The molecule has 2 N–H and O–H groups in total. The van der Waals surface area contributed by atoms with Gasteiger partial charge < -0.3 is 15.5 Å². The van der Waals surface area contributed by atoms with E-state index >= 15 is 0 Å². The summed E-state index contributed by atoms with van der Waals surface area (Å²) in [5.74, 6) is 0.414. The third-order valence-electron chi connectivity index (χ3n) is 7.80. The fraction of sp³-hybridized carbons (Fsp3) is 0.188. The van der Waals surface area contributed by atoms with Crippen molar-refractivity contribution >= 4 is 28.3 Å². The van der Waals surface area contributed by atoms with E-state index in [2.05, 4.69) is 70.9 Å². The average molecular weight is 543 g/mol. The quantitative estimate of drug-likeness (QED) is 0.335. The van der Waals surface area contributed by atoms with E-state index in [0.717, 1.165) is 57.3 Å². The van der Waals surface area contributed by atoms with Crippen LogP contribution in [0, 0.1) is 0 Å². The maximum absolute atomic E-state index is 12.6. The lowest BCUT2D eigenvalue weighted by atomic mass is 9.96. The van der Waals surface area contributed by atoms with Crippen LogP contribution < -0.4 is 5.73 Å². The minimum Gasteiger partial charge on any atom is -0.382 e. The van der Waals surface area contributed by atoms with E-state index in [4.69, 9.17) is 10.8 Å². The highest BCUT2D eigenvalue weighted by molar-refractivity contribution is 5.95. The minimum atomic E-state index is 0.0265. The van der Waals surface area contributed by atoms with Crippen LogP contribution in [0.5, 0.6) is 0 Å². The van der Waals surface area contributed by atoms with Crippen LogP contribution in [0.15, 0.2) is 85.3 Å². The maximum atomic E-state index is 12.6. The number of urea groups is 1. The molecular weight excluding hydrogens is 512 g/mol. The van der Waals surface area contributed by atoms with Crippen LogP contribution in [0.25, 0.3) is 38.8 Å². The fourth-order valence-electron chi connectivity index (χ4n) is 5.74. The van der Waals surface area contributed by atoms with Crippen molar-refractivity contribution in [2.75, 3.05) is 26.4 Å². The van der Waals surface area contributed by atoms with Crippen LogP contribution in [0.4, 0.5) is 10.6 Å². The Morgan fingerprint density at radius 3 is 2.63 bits per heavy atom. The summed E-state index contributed by atoms with van der Waals surface area (Å²) in [6.07, 6.45) is 4.39. The van der Waals surface area contributed by atoms with Crippen molar-refractivity contribution in [3.8, 4) is 22.4 Å². The van der Waals surface area contributed by atoms with Crippen molar-refractivity contribution in [1.29, 1.82) is 0 Å². The number of nitrogen functional groups attached to an aromatic ring is 1. The molecule has 9 nitrogen and oxygen atoms in total. The number of rotatable bonds is 4. The number of anilines is 1. The summed E-state index contributed by atoms with van der Waals surface area (Å²) < 4.78 is 3.84. The zero-order valence-corrected chi connectivity index (χ0v) is 23.0. The number of benzene rings is 3. The summed E-state index contributed by atoms with van der Waals surface area (Å²) >= 11 is 0. The molecule has 0 saturated heterocycles. The van der Waals surface area contributed by atoms with Gasteiger partial charge in [-0.2, -0.15) is 10.2 Å². The first-order valence-electron chi connectivity index (χ1n) is 13.7. The normalized spacial score (nSPS) is 13.1. The highest BCUT2D eigenvalue weighted by Gasteiger charge is 2.23. The molecule has 0 unspecified atom stereocenters. The van der Waals surface area contributed by atoms with E-state index in [1.807, 2.05) is 32.3 Å². The van der Waals surface area contributed by atoms with Crippen molar-refractivity contribution in [1.82, 2.24) is 34.2 Å². The lowest BCUT2D eigenvalue weighted by molar-refractivity contribution is 0.165. The van der Waals surface area contributed by atoms with E-state index in [1.54, 1.807) is 19.0 Å². The lowest BCUT2D eigenvalue weighted by Crippen LogP contribution is -2.42. The molecule has 0 radical (unpaired) electrons. The maximum Gasteiger partial charge on any atom is 0.319 e. The van der Waals surface area contributed by atoms with E-state index in [9.17, 15) is 4.79 Å². The monoisotopic (exact) mass is 542 g/mol. The Balaban J connectivity index is 1.29. The zero-order valence-electron chi connectivity index (χ0n) is 23.0. The number of nitrogens with zero attached hydrogens (tertiary/aromatic N) is 7. The van der Waals surface area contributed by atoms with Crippen LogP contribution in [0.2, 0.25) is 0 Å². The second-order valence-electron chi connectivity index (χ2n) is 10.8. The van der Waals surface area contributed by atoms with Gasteiger partial charge in [0.1, 0.15) is 11.8 Å². The van der Waals surface area contributed by atoms with E-state index < -0.39 is 0 Å². The first-order valence-corrected chi connectivity index (χ1v) is 13.7. The molecule has 1 aliphatic heterocycles. The second-order valence-corrected chi connectivity index (χ2v) is 10.8. The number of nitrogens with two attached hydrogens (primary N) is 1. The number of carbonyl (C=O) groups excluding carboxylic acids is 1. The molecule has 9 heteroatoms. The van der Waals surface area contributed by atoms with Crippen molar-refractivity contribution in [2.45, 2.75) is 19.5 Å². The molecule has 3 aromatic heterocycles. The van der Waals surface area contributed by atoms with Gasteiger partial charge in [0, 0.05) is 49.9 Å². The third-order valence-corrected chi connectivity index (χ3v) is 7.80. The Morgan fingerprint density at radius 2 is 1.80 bits per heavy atom. The minimum absolute atomic E-state index is 0.0265. The largest absolute Gasteiger partial charge is 0.382 e. The molecule has 2 amide bonds. The number of hydrogen-bond donors (Lipinski definition) is 1. The molecular formula is C32H30N8O. The Bertz CT molecular complexity index is 1920. The lowest BCUT2D eigenvalue weighted by Gasteiger charge is -2.31. The molecule has 0 spiro atoms. The molecule has 4 heterocycles. The highest BCUT2D eigenvalue weighted by Crippen LogP contribution is 2.36. The van der Waals surface area contributed by atoms with Gasteiger partial charge in [0.15, 0.2) is 5.82 Å². The van der Waals surface area contributed by atoms with Gasteiger partial charge in [-0.25, -0.2) is 14.3 Å². The summed E-state index contributed by atoms with van der Waals surface area (Å²) in [5.41, 5.74) is 15.6. The standard InChI is InChI=1S/C32H30N8O/c1-37(2)32(41)38-13-12-22-8-10-24(14-26(22)18-38)29-16-27(30-31(33)34-20-35-40(29)30)23-9-11-25-19-39(36-28(25)15-23)17-21-6-4-3-5-7-21/h3-11,14-16,19-20H,12-13,17-18H2,1-2H3,(H2,33,34,35). The smallest absolute Gasteiger partial charge is 0.319 e. The van der Waals surface area contributed by atoms with Gasteiger partial charge in [0.25, 0.3) is 0 Å². The zero-order chi connectivity index (χ0) is 28.1. The Morgan fingerprint density at radius 1 is 0.976 bits per heavy atom. The van der Waals surface area contributed by atoms with Gasteiger partial charge in [0.05, 0.1) is 17.8 Å². The second kappa shape index (κ2) is 9.78. The van der Waals surface area contributed by atoms with Gasteiger partial charge >= 0.3 is 6.03 Å². The number of carbonyl (C=O) groups is 1. The predicted octanol–water partition coefficient (Wildman–Crippen LogP) is 5.08. The topological polar surface area (TPSA) is 97.6 Å². The summed E-state index contributed by atoms with van der Waals surface area (Å²) in [5, 5.41) is 10.5. The first kappa shape index (κ1) is 24.8. The Kier molecular flexibility index (Phi) is 5.92. The molecule has 0 bridgehead atoms. The van der Waals surface area contributed by atoms with E-state index in [1.165, 1.54) is 17.5 Å². The summed E-state index contributed by atoms with van der Waals surface area (Å²) in [6, 6.07) is 25.2. The molecule has 3 aromatic carbocycles. The van der Waals surface area contributed by atoms with Crippen LogP contribution in [0.1, 0.15) is 16.7 Å². The molecule has 0 fully saturated rings. The number of aromatic nitrogens is 5. The summed E-state index contributed by atoms with van der Waals surface area (Å²) in [7, 11) is 3.58. The molecule has 0 aliphatic carbocycles. The number of fused-ring (bicyclic) bond motifs is 3. The van der Waals surface area contributed by atoms with Crippen molar-refractivity contribution < 1.29 is 4.79 Å². The van der Waals surface area contributed by atoms with Gasteiger partial charge in [-0.3, -0.25) is 4.68 Å². The molecule has 41 heavy (non-hydrogen) atoms. The summed E-state index contributed by atoms with van der Waals surface area (Å²) in [6.45, 7) is 2.01. The average Bonchev–Trinajstić information content (AvgIpc) is 3.58. The van der Waals surface area contributed by atoms with Gasteiger partial charge in [0.2, 0.25) is 0 Å². The van der Waals surface area contributed by atoms with Gasteiger partial charge in [-0.15, -0.1) is 0 Å². The predicted molar refractivity (Wildman–Crippen MR) is 160 cm³/mol. The first-order chi connectivity index (χ1) is 19.9. The van der Waals surface area contributed by atoms with E-state index in [-0.39, 0.29) is 6.03 Å². The van der Waals surface area contributed by atoms with Gasteiger partial charge in [-0.1, -0.05) is 54.6 Å². The van der Waals surface area contributed by atoms with Crippen LogP contribution in [-0.4, -0.2) is 60.8 Å². The molecule has 204 valence electrons. The Hall–Kier alpha value is -5.18. The molecule has 6 aromatic rings. The fourth-order valence-corrected chi connectivity index (χ4v) is 5.74. The number of hydrogen-bond acceptors (Lipinski definition) is 5.